The summed E-state index contributed by atoms with van der Waals surface area (Å²) in [6, 6.07) is 8.96. The maximum absolute atomic E-state index is 11.8. The van der Waals surface area contributed by atoms with Crippen LogP contribution in [0, 0.1) is 0 Å². The van der Waals surface area contributed by atoms with Crippen LogP contribution in [0.15, 0.2) is 36.5 Å². The van der Waals surface area contributed by atoms with Gasteiger partial charge in [0.1, 0.15) is 0 Å². The average Bonchev–Trinajstić information content (AvgIpc) is 2.75. The van der Waals surface area contributed by atoms with Crippen LogP contribution in [0.25, 0.3) is 0 Å². The van der Waals surface area contributed by atoms with E-state index < -0.39 is 0 Å². The Balaban J connectivity index is 1.87. The molecule has 0 fully saturated rings. The summed E-state index contributed by atoms with van der Waals surface area (Å²) in [7, 11) is 1.87. The molecule has 1 aromatic carbocycles. The van der Waals surface area contributed by atoms with Crippen molar-refractivity contribution in [2.45, 2.75) is 6.42 Å². The predicted octanol–water partition coefficient (Wildman–Crippen LogP) is 0.975. The van der Waals surface area contributed by atoms with E-state index in [0.29, 0.717) is 24.2 Å². The second-order valence-electron chi connectivity index (χ2n) is 4.07. The van der Waals surface area contributed by atoms with E-state index in [1.807, 2.05) is 19.3 Å². The Morgan fingerprint density at radius 1 is 1.39 bits per heavy atom. The minimum Gasteiger partial charge on any atom is -0.398 e. The first kappa shape index (κ1) is 12.2. The first-order valence-corrected chi connectivity index (χ1v) is 5.78. The number of para-hydroxylation sites is 1. The molecule has 5 heteroatoms. The molecular weight excluding hydrogens is 228 g/mol. The monoisotopic (exact) mass is 244 g/mol. The van der Waals surface area contributed by atoms with Crippen molar-refractivity contribution in [3.05, 3.63) is 47.8 Å². The van der Waals surface area contributed by atoms with Gasteiger partial charge in [-0.1, -0.05) is 12.1 Å². The predicted molar refractivity (Wildman–Crippen MR) is 70.1 cm³/mol. The Bertz CT molecular complexity index is 547. The van der Waals surface area contributed by atoms with Crippen LogP contribution in [-0.2, 0) is 13.5 Å². The van der Waals surface area contributed by atoms with Gasteiger partial charge in [0, 0.05) is 31.9 Å². The fraction of sp³-hybridized carbons (Fsp3) is 0.231. The van der Waals surface area contributed by atoms with Crippen molar-refractivity contribution in [1.82, 2.24) is 15.1 Å². The molecule has 0 bridgehead atoms. The van der Waals surface area contributed by atoms with Crippen LogP contribution in [-0.4, -0.2) is 22.2 Å². The van der Waals surface area contributed by atoms with Gasteiger partial charge in [0.2, 0.25) is 0 Å². The largest absolute Gasteiger partial charge is 0.398 e. The number of aryl methyl sites for hydroxylation is 1. The molecule has 1 aromatic heterocycles. The fourth-order valence-corrected chi connectivity index (χ4v) is 1.70. The molecule has 3 N–H and O–H groups in total. The second kappa shape index (κ2) is 5.35. The van der Waals surface area contributed by atoms with Crippen LogP contribution in [0.1, 0.15) is 16.1 Å². The molecule has 0 aliphatic rings. The number of hydrogen-bond acceptors (Lipinski definition) is 3. The molecule has 0 aliphatic carbocycles. The fourth-order valence-electron chi connectivity index (χ4n) is 1.70. The van der Waals surface area contributed by atoms with Crippen molar-refractivity contribution in [3.8, 4) is 0 Å². The standard InChI is InChI=1S/C13H16N4O/c1-17-9-7-10(16-17)6-8-15-13(18)11-4-2-3-5-12(11)14/h2-5,7,9H,6,8,14H2,1H3,(H,15,18). The quantitative estimate of drug-likeness (QED) is 0.787. The number of hydrogen-bond donors (Lipinski definition) is 2. The molecule has 94 valence electrons. The summed E-state index contributed by atoms with van der Waals surface area (Å²) in [4.78, 5) is 11.8. The maximum Gasteiger partial charge on any atom is 0.253 e. The molecule has 0 atom stereocenters. The number of nitrogens with one attached hydrogen (secondary N) is 1. The third-order valence-electron chi connectivity index (χ3n) is 2.64. The van der Waals surface area contributed by atoms with E-state index in [2.05, 4.69) is 10.4 Å². The lowest BCUT2D eigenvalue weighted by molar-refractivity contribution is 0.0955. The zero-order chi connectivity index (χ0) is 13.0. The Morgan fingerprint density at radius 2 is 2.17 bits per heavy atom. The van der Waals surface area contributed by atoms with Gasteiger partial charge in [0.15, 0.2) is 0 Å². The lowest BCUT2D eigenvalue weighted by Crippen LogP contribution is -2.26. The van der Waals surface area contributed by atoms with Gasteiger partial charge in [-0.05, 0) is 18.2 Å². The average molecular weight is 244 g/mol. The number of anilines is 1. The smallest absolute Gasteiger partial charge is 0.253 e. The van der Waals surface area contributed by atoms with Crippen LogP contribution in [0.2, 0.25) is 0 Å². The molecule has 0 saturated carbocycles. The number of aromatic nitrogens is 2. The van der Waals surface area contributed by atoms with Crippen LogP contribution < -0.4 is 11.1 Å². The number of rotatable bonds is 4. The van der Waals surface area contributed by atoms with Crippen molar-refractivity contribution in [2.75, 3.05) is 12.3 Å². The summed E-state index contributed by atoms with van der Waals surface area (Å²) in [5.41, 5.74) is 7.69. The van der Waals surface area contributed by atoms with Gasteiger partial charge >= 0.3 is 0 Å². The minimum atomic E-state index is -0.149. The van der Waals surface area contributed by atoms with E-state index in [9.17, 15) is 4.79 Å². The van der Waals surface area contributed by atoms with Gasteiger partial charge in [0.05, 0.1) is 11.3 Å². The first-order chi connectivity index (χ1) is 8.66. The number of carbonyl (C=O) groups is 1. The molecule has 5 nitrogen and oxygen atoms in total. The Labute approximate surface area is 106 Å². The number of nitrogen functional groups attached to an aromatic ring is 1. The Hall–Kier alpha value is -2.30. The number of nitrogens with zero attached hydrogens (tertiary/aromatic N) is 2. The molecule has 0 aliphatic heterocycles. The molecule has 0 spiro atoms. The SMILES string of the molecule is Cn1ccc(CCNC(=O)c2ccccc2N)n1. The molecule has 0 unspecified atom stereocenters. The molecule has 0 radical (unpaired) electrons. The molecule has 0 saturated heterocycles. The lowest BCUT2D eigenvalue weighted by Gasteiger charge is -2.06. The van der Waals surface area contributed by atoms with Gasteiger partial charge in [-0.15, -0.1) is 0 Å². The van der Waals surface area contributed by atoms with E-state index >= 15 is 0 Å². The van der Waals surface area contributed by atoms with E-state index in [4.69, 9.17) is 5.73 Å². The minimum absolute atomic E-state index is 0.149. The third kappa shape index (κ3) is 2.88. The third-order valence-corrected chi connectivity index (χ3v) is 2.64. The van der Waals surface area contributed by atoms with Crippen LogP contribution in [0.4, 0.5) is 5.69 Å². The lowest BCUT2D eigenvalue weighted by atomic mass is 10.1. The number of amides is 1. The van der Waals surface area contributed by atoms with Gasteiger partial charge in [-0.25, -0.2) is 0 Å². The van der Waals surface area contributed by atoms with Crippen LogP contribution in [0.5, 0.6) is 0 Å². The summed E-state index contributed by atoms with van der Waals surface area (Å²) in [6.45, 7) is 0.546. The molecule has 1 heterocycles. The summed E-state index contributed by atoms with van der Waals surface area (Å²) in [5.74, 6) is -0.149. The summed E-state index contributed by atoms with van der Waals surface area (Å²) < 4.78 is 1.74. The van der Waals surface area contributed by atoms with E-state index in [1.54, 1.807) is 28.9 Å². The topological polar surface area (TPSA) is 72.9 Å². The van der Waals surface area contributed by atoms with Gasteiger partial charge in [-0.3, -0.25) is 9.48 Å². The molecule has 2 aromatic rings. The van der Waals surface area contributed by atoms with Crippen LogP contribution >= 0.6 is 0 Å². The van der Waals surface area contributed by atoms with E-state index in [-0.39, 0.29) is 5.91 Å². The highest BCUT2D eigenvalue weighted by atomic mass is 16.1. The second-order valence-corrected chi connectivity index (χ2v) is 4.07. The number of benzene rings is 1. The highest BCUT2D eigenvalue weighted by Crippen LogP contribution is 2.09. The number of carbonyl (C=O) groups excluding carboxylic acids is 1. The van der Waals surface area contributed by atoms with Crippen molar-refractivity contribution < 1.29 is 4.79 Å². The molecular formula is C13H16N4O. The van der Waals surface area contributed by atoms with E-state index in [1.165, 1.54) is 0 Å². The van der Waals surface area contributed by atoms with Crippen molar-refractivity contribution in [3.63, 3.8) is 0 Å². The highest BCUT2D eigenvalue weighted by Gasteiger charge is 2.08. The molecule has 18 heavy (non-hydrogen) atoms. The van der Waals surface area contributed by atoms with Gasteiger partial charge in [0.25, 0.3) is 5.91 Å². The molecule has 1 amide bonds. The van der Waals surface area contributed by atoms with Crippen LogP contribution in [0.3, 0.4) is 0 Å². The zero-order valence-electron chi connectivity index (χ0n) is 10.3. The Kier molecular flexibility index (Phi) is 3.62. The summed E-state index contributed by atoms with van der Waals surface area (Å²) >= 11 is 0. The van der Waals surface area contributed by atoms with Crippen molar-refractivity contribution >= 4 is 11.6 Å². The zero-order valence-corrected chi connectivity index (χ0v) is 10.3. The van der Waals surface area contributed by atoms with Crippen molar-refractivity contribution in [1.29, 1.82) is 0 Å². The van der Waals surface area contributed by atoms with Gasteiger partial charge < -0.3 is 11.1 Å². The highest BCUT2D eigenvalue weighted by molar-refractivity contribution is 5.99. The maximum atomic E-state index is 11.8. The normalized spacial score (nSPS) is 10.3. The van der Waals surface area contributed by atoms with Crippen molar-refractivity contribution in [2.24, 2.45) is 7.05 Å². The van der Waals surface area contributed by atoms with Gasteiger partial charge in [-0.2, -0.15) is 5.10 Å². The summed E-state index contributed by atoms with van der Waals surface area (Å²) in [6.07, 6.45) is 2.59. The molecule has 2 rings (SSSR count). The first-order valence-electron chi connectivity index (χ1n) is 5.78. The number of nitrogens with two attached hydrogens (primary N) is 1. The van der Waals surface area contributed by atoms with E-state index in [0.717, 1.165) is 5.69 Å². The Morgan fingerprint density at radius 3 is 2.83 bits per heavy atom. The summed E-state index contributed by atoms with van der Waals surface area (Å²) in [5, 5.41) is 7.07.